The molecule has 0 radical (unpaired) electrons. The average molecular weight is 1040 g/mol. The lowest BCUT2D eigenvalue weighted by Crippen LogP contribution is -2.28. The molecule has 0 aromatic rings. The lowest BCUT2D eigenvalue weighted by Gasteiger charge is -2.15. The van der Waals surface area contributed by atoms with Gasteiger partial charge >= 0.3 is 11.9 Å². The van der Waals surface area contributed by atoms with E-state index in [1.165, 1.54) is 25.7 Å². The second-order valence-electron chi connectivity index (χ2n) is 19.0. The first-order valence-corrected chi connectivity index (χ1v) is 30.0. The molecule has 0 spiro atoms. The Balaban J connectivity index is 3.67. The number of unbranched alkanes of at least 4 members (excludes halogenated alkanes) is 12. The third-order valence-electron chi connectivity index (χ3n) is 11.9. The average Bonchev–Trinajstić information content (AvgIpc) is 3.42. The summed E-state index contributed by atoms with van der Waals surface area (Å²) >= 11 is 0. The number of rotatable bonds is 52. The van der Waals surface area contributed by atoms with E-state index in [9.17, 15) is 14.7 Å². The predicted octanol–water partition coefficient (Wildman–Crippen LogP) is 20.9. The van der Waals surface area contributed by atoms with Crippen molar-refractivity contribution in [3.05, 3.63) is 194 Å². The number of carbonyl (C=O) groups is 2. The van der Waals surface area contributed by atoms with Crippen LogP contribution in [-0.2, 0) is 19.1 Å². The lowest BCUT2D eigenvalue weighted by molar-refractivity contribution is -0.161. The summed E-state index contributed by atoms with van der Waals surface area (Å²) in [5, 5.41) is 9.66. The Labute approximate surface area is 467 Å². The van der Waals surface area contributed by atoms with Crippen LogP contribution in [-0.4, -0.2) is 36.4 Å². The minimum Gasteiger partial charge on any atom is -0.462 e. The van der Waals surface area contributed by atoms with Gasteiger partial charge in [-0.2, -0.15) is 0 Å². The molecule has 1 atom stereocenters. The van der Waals surface area contributed by atoms with E-state index in [0.717, 1.165) is 167 Å². The van der Waals surface area contributed by atoms with Gasteiger partial charge < -0.3 is 14.6 Å². The highest BCUT2D eigenvalue weighted by molar-refractivity contribution is 5.70. The SMILES string of the molecule is CC/C=C\C/C=C\C/C=C\C/C=C\C/C=C\C/C=C\C/C=C\C/C=C\C/C=C\C/C=C\C/C=C\CCCCCCCCCC(=O)OC(CO)COC(=O)CCCCCCC/C=C\C/C=C\C/C=C\C/C=C\C/C=C\CC. The van der Waals surface area contributed by atoms with Gasteiger partial charge in [0, 0.05) is 12.8 Å². The van der Waals surface area contributed by atoms with Crippen LogP contribution in [0.25, 0.3) is 0 Å². The van der Waals surface area contributed by atoms with Crippen molar-refractivity contribution in [3.63, 3.8) is 0 Å². The van der Waals surface area contributed by atoms with Gasteiger partial charge in [-0.05, 0) is 141 Å². The second-order valence-corrected chi connectivity index (χ2v) is 19.0. The van der Waals surface area contributed by atoms with E-state index in [4.69, 9.17) is 9.47 Å². The van der Waals surface area contributed by atoms with Crippen molar-refractivity contribution in [2.75, 3.05) is 13.2 Å². The van der Waals surface area contributed by atoms with E-state index in [-0.39, 0.29) is 25.2 Å². The number of aliphatic hydroxyl groups is 1. The maximum Gasteiger partial charge on any atom is 0.306 e. The molecule has 76 heavy (non-hydrogen) atoms. The van der Waals surface area contributed by atoms with Crippen LogP contribution in [0.1, 0.15) is 219 Å². The van der Waals surface area contributed by atoms with Crippen LogP contribution < -0.4 is 0 Å². The van der Waals surface area contributed by atoms with E-state index in [1.807, 2.05) is 0 Å². The van der Waals surface area contributed by atoms with Crippen molar-refractivity contribution in [2.24, 2.45) is 0 Å². The molecule has 0 amide bonds. The number of esters is 2. The number of carbonyl (C=O) groups excluding carboxylic acids is 2. The summed E-state index contributed by atoms with van der Waals surface area (Å²) < 4.78 is 10.7. The quantitative estimate of drug-likeness (QED) is 0.0373. The van der Waals surface area contributed by atoms with Crippen molar-refractivity contribution in [1.29, 1.82) is 0 Å². The molecule has 0 heterocycles. The first-order valence-electron chi connectivity index (χ1n) is 30.0. The zero-order valence-corrected chi connectivity index (χ0v) is 48.2. The normalized spacial score (nSPS) is 13.7. The van der Waals surface area contributed by atoms with Gasteiger partial charge in [-0.15, -0.1) is 0 Å². The largest absolute Gasteiger partial charge is 0.462 e. The molecule has 1 unspecified atom stereocenters. The summed E-state index contributed by atoms with van der Waals surface area (Å²) in [4.78, 5) is 24.5. The molecule has 0 aromatic carbocycles. The van der Waals surface area contributed by atoms with Crippen molar-refractivity contribution in [2.45, 2.75) is 225 Å². The summed E-state index contributed by atoms with van der Waals surface area (Å²) in [6.07, 6.45) is 103. The van der Waals surface area contributed by atoms with E-state index in [2.05, 4.69) is 208 Å². The molecule has 422 valence electrons. The molecule has 0 aliphatic heterocycles. The minimum atomic E-state index is -0.803. The Morgan fingerprint density at radius 1 is 0.303 bits per heavy atom. The van der Waals surface area contributed by atoms with Crippen LogP contribution in [0, 0.1) is 0 Å². The molecule has 5 nitrogen and oxygen atoms in total. The maximum absolute atomic E-state index is 12.3. The fraction of sp³-hybridized carbons (Fsp3) is 0.521. The van der Waals surface area contributed by atoms with Crippen LogP contribution in [0.4, 0.5) is 0 Å². The Morgan fingerprint density at radius 2 is 0.526 bits per heavy atom. The molecule has 0 bridgehead atoms. The Bertz CT molecular complexity index is 1800. The molecule has 0 saturated carbocycles. The molecule has 0 aliphatic carbocycles. The summed E-state index contributed by atoms with van der Waals surface area (Å²) in [5.74, 6) is -0.641. The monoisotopic (exact) mass is 1040 g/mol. The third-order valence-corrected chi connectivity index (χ3v) is 11.9. The first kappa shape index (κ1) is 70.7. The highest BCUT2D eigenvalue weighted by Gasteiger charge is 2.16. The van der Waals surface area contributed by atoms with Gasteiger partial charge in [-0.25, -0.2) is 0 Å². The van der Waals surface area contributed by atoms with Gasteiger partial charge in [0.1, 0.15) is 6.61 Å². The van der Waals surface area contributed by atoms with Crippen LogP contribution in [0.2, 0.25) is 0 Å². The fourth-order valence-electron chi connectivity index (χ4n) is 7.47. The van der Waals surface area contributed by atoms with Crippen molar-refractivity contribution < 1.29 is 24.2 Å². The molecule has 0 aliphatic rings. The highest BCUT2D eigenvalue weighted by Crippen LogP contribution is 2.13. The molecule has 0 aromatic heterocycles. The summed E-state index contributed by atoms with van der Waals surface area (Å²) in [6, 6.07) is 0. The van der Waals surface area contributed by atoms with Gasteiger partial charge in [-0.1, -0.05) is 260 Å². The third kappa shape index (κ3) is 61.3. The molecular weight excluding hydrogens is 933 g/mol. The lowest BCUT2D eigenvalue weighted by atomic mass is 10.1. The highest BCUT2D eigenvalue weighted by atomic mass is 16.6. The number of aliphatic hydroxyl groups excluding tert-OH is 1. The number of hydrogen-bond donors (Lipinski definition) is 1. The zero-order chi connectivity index (χ0) is 54.8. The van der Waals surface area contributed by atoms with Crippen molar-refractivity contribution >= 4 is 11.9 Å². The van der Waals surface area contributed by atoms with E-state index in [0.29, 0.717) is 12.8 Å². The number of ether oxygens (including phenoxy) is 2. The van der Waals surface area contributed by atoms with Gasteiger partial charge in [0.25, 0.3) is 0 Å². The Morgan fingerprint density at radius 3 is 0.789 bits per heavy atom. The molecular formula is C71H108O5. The minimum absolute atomic E-state index is 0.0936. The number of hydrogen-bond acceptors (Lipinski definition) is 5. The number of allylic oxidation sites excluding steroid dienone is 32. The molecule has 5 heteroatoms. The Kier molecular flexibility index (Phi) is 59.6. The van der Waals surface area contributed by atoms with Gasteiger partial charge in [0.05, 0.1) is 6.61 Å². The van der Waals surface area contributed by atoms with E-state index < -0.39 is 6.10 Å². The fourth-order valence-corrected chi connectivity index (χ4v) is 7.47. The first-order chi connectivity index (χ1) is 37.6. The van der Waals surface area contributed by atoms with Crippen molar-refractivity contribution in [1.82, 2.24) is 0 Å². The smallest absolute Gasteiger partial charge is 0.306 e. The van der Waals surface area contributed by atoms with Gasteiger partial charge in [0.2, 0.25) is 0 Å². The molecule has 0 rings (SSSR count). The van der Waals surface area contributed by atoms with E-state index in [1.54, 1.807) is 0 Å². The zero-order valence-electron chi connectivity index (χ0n) is 48.2. The maximum atomic E-state index is 12.3. The predicted molar refractivity (Wildman–Crippen MR) is 333 cm³/mol. The second kappa shape index (κ2) is 64.0. The molecule has 0 saturated heterocycles. The van der Waals surface area contributed by atoms with Crippen LogP contribution >= 0.6 is 0 Å². The van der Waals surface area contributed by atoms with Crippen LogP contribution in [0.5, 0.6) is 0 Å². The van der Waals surface area contributed by atoms with E-state index >= 15 is 0 Å². The summed E-state index contributed by atoms with van der Waals surface area (Å²) in [7, 11) is 0. The van der Waals surface area contributed by atoms with Gasteiger partial charge in [0.15, 0.2) is 6.10 Å². The topological polar surface area (TPSA) is 72.8 Å². The van der Waals surface area contributed by atoms with Gasteiger partial charge in [-0.3, -0.25) is 9.59 Å². The van der Waals surface area contributed by atoms with Crippen LogP contribution in [0.3, 0.4) is 0 Å². The standard InChI is InChI=1S/C71H108O5/c1-3-5-7-9-11-13-15-17-19-21-23-25-26-27-28-29-30-31-32-33-34-35-36-37-38-39-40-41-42-43-44-46-48-50-52-54-56-58-60-62-64-66-71(74)76-69(67-72)68-75-70(73)65-63-61-59-57-55-53-51-49-47-45-24-22-20-18-16-14-12-10-8-6-4-2/h5-8,11-14,17-20,23-25,27-28,30-31,33-34,36-37,39-40,42-43,45-46,48-49,51,69,72H,3-4,9-10,15-16,21-22,26,29,32,35,38,41,44,47,50,52-68H2,1-2H3/b7-5-,8-6-,13-11-,14-12-,19-17-,20-18-,25-23-,28-27-,31-30-,34-33-,37-36-,40-39-,43-42-,45-24-,48-46-,51-49-. The summed E-state index contributed by atoms with van der Waals surface area (Å²) in [6.45, 7) is 3.87. The van der Waals surface area contributed by atoms with Crippen molar-refractivity contribution in [3.8, 4) is 0 Å². The molecule has 1 N–H and O–H groups in total. The summed E-state index contributed by atoms with van der Waals surface area (Å²) in [5.41, 5.74) is 0. The molecule has 0 fully saturated rings. The van der Waals surface area contributed by atoms with Crippen LogP contribution in [0.15, 0.2) is 194 Å². The Hall–Kier alpha value is -5.26.